The highest BCUT2D eigenvalue weighted by molar-refractivity contribution is 6.21. The quantitative estimate of drug-likeness (QED) is 0.334. The van der Waals surface area contributed by atoms with E-state index in [1.165, 1.54) is 6.42 Å². The van der Waals surface area contributed by atoms with Gasteiger partial charge in [-0.2, -0.15) is 0 Å². The van der Waals surface area contributed by atoms with E-state index in [1.54, 1.807) is 0 Å². The molecule has 0 saturated carbocycles. The van der Waals surface area contributed by atoms with Gasteiger partial charge >= 0.3 is 0 Å². The van der Waals surface area contributed by atoms with Gasteiger partial charge < -0.3 is 14.2 Å². The molecular weight excluding hydrogens is 299 g/mol. The van der Waals surface area contributed by atoms with Crippen molar-refractivity contribution in [1.82, 2.24) is 0 Å². The van der Waals surface area contributed by atoms with Crippen LogP contribution in [0.15, 0.2) is 0 Å². The first-order valence-electron chi connectivity index (χ1n) is 7.60. The first-order valence-corrected chi connectivity index (χ1v) is 8.66. The van der Waals surface area contributed by atoms with Crippen LogP contribution in [-0.4, -0.2) is 51.4 Å². The molecule has 3 nitrogen and oxygen atoms in total. The molecule has 0 radical (unpaired) electrons. The summed E-state index contributed by atoms with van der Waals surface area (Å²) in [6.45, 7) is 8.30. The van der Waals surface area contributed by atoms with Crippen molar-refractivity contribution in [3.05, 3.63) is 0 Å². The molecular formula is C15H30Cl2O3. The third-order valence-corrected chi connectivity index (χ3v) is 4.61. The fourth-order valence-electron chi connectivity index (χ4n) is 1.61. The van der Waals surface area contributed by atoms with E-state index in [0.29, 0.717) is 44.8 Å². The maximum atomic E-state index is 5.98. The van der Waals surface area contributed by atoms with Gasteiger partial charge in [-0.1, -0.05) is 20.3 Å². The molecule has 0 rings (SSSR count). The van der Waals surface area contributed by atoms with Crippen molar-refractivity contribution in [3.63, 3.8) is 0 Å². The molecule has 5 heteroatoms. The predicted molar refractivity (Wildman–Crippen MR) is 86.1 cm³/mol. The van der Waals surface area contributed by atoms with E-state index in [4.69, 9.17) is 37.4 Å². The summed E-state index contributed by atoms with van der Waals surface area (Å²) in [7, 11) is 0. The molecule has 0 aromatic carbocycles. The minimum atomic E-state index is 0.0110. The van der Waals surface area contributed by atoms with Gasteiger partial charge in [0.05, 0.1) is 26.4 Å². The van der Waals surface area contributed by atoms with Gasteiger partial charge in [0.15, 0.2) is 0 Å². The van der Waals surface area contributed by atoms with Gasteiger partial charge in [-0.05, 0) is 24.7 Å². The van der Waals surface area contributed by atoms with Crippen LogP contribution in [0.3, 0.4) is 0 Å². The number of hydrogen-bond acceptors (Lipinski definition) is 3. The van der Waals surface area contributed by atoms with Crippen molar-refractivity contribution in [2.24, 2.45) is 5.41 Å². The highest BCUT2D eigenvalue weighted by Crippen LogP contribution is 2.29. The fraction of sp³-hybridized carbons (Fsp3) is 1.00. The lowest BCUT2D eigenvalue weighted by atomic mass is 9.86. The topological polar surface area (TPSA) is 27.7 Å². The van der Waals surface area contributed by atoms with Gasteiger partial charge in [0.1, 0.15) is 0 Å². The smallest absolute Gasteiger partial charge is 0.0701 e. The molecule has 0 atom stereocenters. The SMILES string of the molecule is CCCCOCCOCCOCCC(CC)(CCl)CCl. The maximum absolute atomic E-state index is 5.98. The molecule has 0 fully saturated rings. The summed E-state index contributed by atoms with van der Waals surface area (Å²) in [5.41, 5.74) is 0.0110. The molecule has 0 aromatic heterocycles. The van der Waals surface area contributed by atoms with Crippen molar-refractivity contribution in [2.75, 3.05) is 51.4 Å². The van der Waals surface area contributed by atoms with E-state index in [-0.39, 0.29) is 5.41 Å². The largest absolute Gasteiger partial charge is 0.379 e. The monoisotopic (exact) mass is 328 g/mol. The predicted octanol–water partition coefficient (Wildman–Crippen LogP) is 4.10. The zero-order valence-corrected chi connectivity index (χ0v) is 14.5. The molecule has 0 bridgehead atoms. The zero-order valence-electron chi connectivity index (χ0n) is 13.0. The van der Waals surface area contributed by atoms with Crippen LogP contribution in [0.25, 0.3) is 0 Å². The zero-order chi connectivity index (χ0) is 15.1. The summed E-state index contributed by atoms with van der Waals surface area (Å²) in [6, 6.07) is 0. The van der Waals surface area contributed by atoms with Crippen molar-refractivity contribution < 1.29 is 14.2 Å². The molecule has 122 valence electrons. The third-order valence-electron chi connectivity index (χ3n) is 3.48. The highest BCUT2D eigenvalue weighted by Gasteiger charge is 2.25. The summed E-state index contributed by atoms with van der Waals surface area (Å²) in [5, 5.41) is 0. The first kappa shape index (κ1) is 20.5. The van der Waals surface area contributed by atoms with Crippen molar-refractivity contribution in [2.45, 2.75) is 39.5 Å². The average Bonchev–Trinajstić information content (AvgIpc) is 2.49. The van der Waals surface area contributed by atoms with Gasteiger partial charge in [0.2, 0.25) is 0 Å². The summed E-state index contributed by atoms with van der Waals surface area (Å²) in [6.07, 6.45) is 4.16. The summed E-state index contributed by atoms with van der Waals surface area (Å²) in [5.74, 6) is 1.17. The first-order chi connectivity index (χ1) is 9.74. The van der Waals surface area contributed by atoms with Gasteiger partial charge in [-0.25, -0.2) is 0 Å². The Morgan fingerprint density at radius 2 is 1.25 bits per heavy atom. The van der Waals surface area contributed by atoms with Crippen LogP contribution in [-0.2, 0) is 14.2 Å². The minimum absolute atomic E-state index is 0.0110. The maximum Gasteiger partial charge on any atom is 0.0701 e. The van der Waals surface area contributed by atoms with Gasteiger partial charge in [-0.15, -0.1) is 23.2 Å². The van der Waals surface area contributed by atoms with Crippen molar-refractivity contribution in [3.8, 4) is 0 Å². The molecule has 0 aliphatic carbocycles. The summed E-state index contributed by atoms with van der Waals surface area (Å²) < 4.78 is 16.4. The molecule has 20 heavy (non-hydrogen) atoms. The Labute approximate surface area is 134 Å². The van der Waals surface area contributed by atoms with E-state index >= 15 is 0 Å². The second-order valence-electron chi connectivity index (χ2n) is 5.06. The van der Waals surface area contributed by atoms with E-state index in [0.717, 1.165) is 25.9 Å². The Balaban J connectivity index is 3.32. The van der Waals surface area contributed by atoms with Crippen molar-refractivity contribution >= 4 is 23.2 Å². The molecule has 0 heterocycles. The Bertz CT molecular complexity index is 191. The van der Waals surface area contributed by atoms with Crippen molar-refractivity contribution in [1.29, 1.82) is 0 Å². The minimum Gasteiger partial charge on any atom is -0.379 e. The molecule has 0 aliphatic rings. The molecule has 0 aliphatic heterocycles. The summed E-state index contributed by atoms with van der Waals surface area (Å²) >= 11 is 12.0. The third kappa shape index (κ3) is 10.2. The van der Waals surface area contributed by atoms with Gasteiger partial charge in [0, 0.05) is 25.0 Å². The van der Waals surface area contributed by atoms with Crippen LogP contribution in [0.2, 0.25) is 0 Å². The van der Waals surface area contributed by atoms with E-state index in [1.807, 2.05) is 0 Å². The Morgan fingerprint density at radius 3 is 1.70 bits per heavy atom. The Morgan fingerprint density at radius 1 is 0.750 bits per heavy atom. The van der Waals surface area contributed by atoms with Crippen LogP contribution in [0, 0.1) is 5.41 Å². The van der Waals surface area contributed by atoms with Crippen LogP contribution >= 0.6 is 23.2 Å². The lowest BCUT2D eigenvalue weighted by Crippen LogP contribution is -2.26. The Kier molecular flexibility index (Phi) is 14.7. The highest BCUT2D eigenvalue weighted by atomic mass is 35.5. The van der Waals surface area contributed by atoms with Crippen LogP contribution in [0.5, 0.6) is 0 Å². The summed E-state index contributed by atoms with van der Waals surface area (Å²) in [4.78, 5) is 0. The Hall–Kier alpha value is 0.460. The number of rotatable bonds is 15. The number of ether oxygens (including phenoxy) is 3. The molecule has 0 N–H and O–H groups in total. The number of alkyl halides is 2. The van der Waals surface area contributed by atoms with Gasteiger partial charge in [-0.3, -0.25) is 0 Å². The van der Waals surface area contributed by atoms with Crippen LogP contribution < -0.4 is 0 Å². The second-order valence-corrected chi connectivity index (χ2v) is 5.60. The molecule has 0 spiro atoms. The van der Waals surface area contributed by atoms with Crippen LogP contribution in [0.1, 0.15) is 39.5 Å². The number of halogens is 2. The lowest BCUT2D eigenvalue weighted by molar-refractivity contribution is 0.00946. The second kappa shape index (κ2) is 14.4. The van der Waals surface area contributed by atoms with E-state index in [9.17, 15) is 0 Å². The average molecular weight is 329 g/mol. The van der Waals surface area contributed by atoms with E-state index in [2.05, 4.69) is 13.8 Å². The molecule has 0 amide bonds. The molecule has 0 aromatic rings. The normalized spacial score (nSPS) is 12.0. The number of unbranched alkanes of at least 4 members (excludes halogenated alkanes) is 1. The van der Waals surface area contributed by atoms with E-state index < -0.39 is 0 Å². The lowest BCUT2D eigenvalue weighted by Gasteiger charge is -2.27. The molecule has 0 saturated heterocycles. The molecule has 0 unspecified atom stereocenters. The number of hydrogen-bond donors (Lipinski definition) is 0. The van der Waals surface area contributed by atoms with Crippen LogP contribution in [0.4, 0.5) is 0 Å². The standard InChI is InChI=1S/C15H30Cl2O3/c1-3-5-7-18-9-11-20-12-10-19-8-6-15(4-2,13-16)14-17/h3-14H2,1-2H3. The van der Waals surface area contributed by atoms with Gasteiger partial charge in [0.25, 0.3) is 0 Å². The fourth-order valence-corrected chi connectivity index (χ4v) is 2.54.